The number of rotatable bonds is 6. The first-order valence-electron chi connectivity index (χ1n) is 9.88. The minimum atomic E-state index is -0.254. The maximum absolute atomic E-state index is 12.9. The molecule has 1 aliphatic rings. The van der Waals surface area contributed by atoms with Gasteiger partial charge in [-0.3, -0.25) is 9.36 Å². The van der Waals surface area contributed by atoms with Crippen LogP contribution in [0.1, 0.15) is 36.9 Å². The lowest BCUT2D eigenvalue weighted by atomic mass is 9.88. The van der Waals surface area contributed by atoms with E-state index in [4.69, 9.17) is 4.74 Å². The van der Waals surface area contributed by atoms with E-state index in [0.29, 0.717) is 0 Å². The molecule has 0 saturated heterocycles. The number of nitrogens with one attached hydrogen (secondary N) is 1. The van der Waals surface area contributed by atoms with Crippen molar-refractivity contribution >= 4 is 17.7 Å². The SMILES string of the molecule is COc1cccc(-n2ccnc2SC(C)C(=O)NC2CCCc3ccccc32)c1. The molecular formula is C23H25N3O2S. The predicted molar refractivity (Wildman–Crippen MR) is 116 cm³/mol. The average molecular weight is 408 g/mol. The summed E-state index contributed by atoms with van der Waals surface area (Å²) in [5.74, 6) is 0.825. The van der Waals surface area contributed by atoms with Crippen LogP contribution < -0.4 is 10.1 Å². The quantitative estimate of drug-likeness (QED) is 0.609. The molecule has 0 saturated carbocycles. The fraction of sp³-hybridized carbons (Fsp3) is 0.304. The molecule has 0 fully saturated rings. The third-order valence-corrected chi connectivity index (χ3v) is 6.36. The normalized spacial score (nSPS) is 16.7. The summed E-state index contributed by atoms with van der Waals surface area (Å²) in [5, 5.41) is 3.78. The highest BCUT2D eigenvalue weighted by Gasteiger charge is 2.25. The van der Waals surface area contributed by atoms with Crippen LogP contribution in [-0.4, -0.2) is 27.8 Å². The summed E-state index contributed by atoms with van der Waals surface area (Å²) in [6.45, 7) is 1.93. The topological polar surface area (TPSA) is 56.2 Å². The predicted octanol–water partition coefficient (Wildman–Crippen LogP) is 4.56. The first-order valence-corrected chi connectivity index (χ1v) is 10.8. The molecule has 1 amide bonds. The Morgan fingerprint density at radius 2 is 2.14 bits per heavy atom. The van der Waals surface area contributed by atoms with E-state index in [9.17, 15) is 4.79 Å². The fourth-order valence-electron chi connectivity index (χ4n) is 3.74. The highest BCUT2D eigenvalue weighted by atomic mass is 32.2. The number of hydrogen-bond donors (Lipinski definition) is 1. The van der Waals surface area contributed by atoms with Gasteiger partial charge in [0.05, 0.1) is 24.1 Å². The lowest BCUT2D eigenvalue weighted by Crippen LogP contribution is -2.36. The van der Waals surface area contributed by atoms with Crippen molar-refractivity contribution in [1.82, 2.24) is 14.9 Å². The van der Waals surface area contributed by atoms with Crippen LogP contribution >= 0.6 is 11.8 Å². The molecule has 0 radical (unpaired) electrons. The van der Waals surface area contributed by atoms with Gasteiger partial charge in [0.25, 0.3) is 0 Å². The second-order valence-electron chi connectivity index (χ2n) is 7.19. The smallest absolute Gasteiger partial charge is 0.233 e. The Morgan fingerprint density at radius 3 is 3.00 bits per heavy atom. The molecule has 0 bridgehead atoms. The maximum Gasteiger partial charge on any atom is 0.233 e. The minimum Gasteiger partial charge on any atom is -0.497 e. The number of aromatic nitrogens is 2. The van der Waals surface area contributed by atoms with E-state index >= 15 is 0 Å². The number of carbonyl (C=O) groups is 1. The van der Waals surface area contributed by atoms with Crippen molar-refractivity contribution in [2.45, 2.75) is 42.6 Å². The summed E-state index contributed by atoms with van der Waals surface area (Å²) >= 11 is 1.46. The molecule has 4 rings (SSSR count). The number of amides is 1. The van der Waals surface area contributed by atoms with Gasteiger partial charge in [0.1, 0.15) is 5.75 Å². The van der Waals surface area contributed by atoms with Crippen molar-refractivity contribution in [3.05, 3.63) is 72.1 Å². The van der Waals surface area contributed by atoms with E-state index in [2.05, 4.69) is 28.5 Å². The third-order valence-electron chi connectivity index (χ3n) is 5.28. The molecule has 0 spiro atoms. The fourth-order valence-corrected chi connectivity index (χ4v) is 4.63. The molecule has 1 aliphatic carbocycles. The number of nitrogens with zero attached hydrogens (tertiary/aromatic N) is 2. The molecule has 6 heteroatoms. The van der Waals surface area contributed by atoms with E-state index in [1.807, 2.05) is 48.0 Å². The van der Waals surface area contributed by atoms with Crippen molar-refractivity contribution in [3.8, 4) is 11.4 Å². The van der Waals surface area contributed by atoms with Crippen molar-refractivity contribution < 1.29 is 9.53 Å². The number of carbonyl (C=O) groups excluding carboxylic acids is 1. The van der Waals surface area contributed by atoms with Crippen molar-refractivity contribution in [2.24, 2.45) is 0 Å². The molecule has 5 nitrogen and oxygen atoms in total. The molecule has 1 aromatic heterocycles. The van der Waals surface area contributed by atoms with Crippen LogP contribution in [0, 0.1) is 0 Å². The number of methoxy groups -OCH3 is 1. The van der Waals surface area contributed by atoms with Crippen LogP contribution in [0.25, 0.3) is 5.69 Å². The highest BCUT2D eigenvalue weighted by molar-refractivity contribution is 8.00. The number of thioether (sulfide) groups is 1. The van der Waals surface area contributed by atoms with Gasteiger partial charge in [0.2, 0.25) is 5.91 Å². The first-order chi connectivity index (χ1) is 14.2. The lowest BCUT2D eigenvalue weighted by molar-refractivity contribution is -0.121. The van der Waals surface area contributed by atoms with E-state index in [0.717, 1.165) is 35.9 Å². The van der Waals surface area contributed by atoms with Crippen LogP contribution in [0.2, 0.25) is 0 Å². The first kappa shape index (κ1) is 19.6. The Hall–Kier alpha value is -2.73. The van der Waals surface area contributed by atoms with Gasteiger partial charge in [0, 0.05) is 18.5 Å². The monoisotopic (exact) mass is 407 g/mol. The second-order valence-corrected chi connectivity index (χ2v) is 8.50. The molecule has 2 atom stereocenters. The van der Waals surface area contributed by atoms with Crippen molar-refractivity contribution in [1.29, 1.82) is 0 Å². The minimum absolute atomic E-state index is 0.0388. The highest BCUT2D eigenvalue weighted by Crippen LogP contribution is 2.31. The van der Waals surface area contributed by atoms with Gasteiger partial charge in [0.15, 0.2) is 5.16 Å². The number of aryl methyl sites for hydroxylation is 1. The molecule has 150 valence electrons. The number of benzene rings is 2. The molecule has 1 heterocycles. The summed E-state index contributed by atoms with van der Waals surface area (Å²) in [6.07, 6.45) is 6.83. The van der Waals surface area contributed by atoms with E-state index < -0.39 is 0 Å². The van der Waals surface area contributed by atoms with E-state index in [1.54, 1.807) is 13.3 Å². The van der Waals surface area contributed by atoms with Gasteiger partial charge in [-0.05, 0) is 49.4 Å². The maximum atomic E-state index is 12.9. The Labute approximate surface area is 175 Å². The summed E-state index contributed by atoms with van der Waals surface area (Å²) in [6, 6.07) is 16.3. The zero-order chi connectivity index (χ0) is 20.2. The molecule has 29 heavy (non-hydrogen) atoms. The lowest BCUT2D eigenvalue weighted by Gasteiger charge is -2.27. The van der Waals surface area contributed by atoms with Gasteiger partial charge in [-0.2, -0.15) is 0 Å². The number of hydrogen-bond acceptors (Lipinski definition) is 4. The van der Waals surface area contributed by atoms with Crippen LogP contribution in [-0.2, 0) is 11.2 Å². The number of imidazole rings is 1. The second kappa shape index (κ2) is 8.74. The van der Waals surface area contributed by atoms with E-state index in [1.165, 1.54) is 22.9 Å². The Bertz CT molecular complexity index is 1000. The van der Waals surface area contributed by atoms with Gasteiger partial charge in [-0.25, -0.2) is 4.98 Å². The van der Waals surface area contributed by atoms with Crippen LogP contribution in [0.3, 0.4) is 0 Å². The van der Waals surface area contributed by atoms with Gasteiger partial charge in [-0.15, -0.1) is 0 Å². The van der Waals surface area contributed by atoms with Gasteiger partial charge in [-0.1, -0.05) is 42.1 Å². The molecular weight excluding hydrogens is 382 g/mol. The Morgan fingerprint density at radius 1 is 1.28 bits per heavy atom. The molecule has 0 aliphatic heterocycles. The van der Waals surface area contributed by atoms with Crippen molar-refractivity contribution in [3.63, 3.8) is 0 Å². The number of fused-ring (bicyclic) bond motifs is 1. The third kappa shape index (κ3) is 4.32. The van der Waals surface area contributed by atoms with Crippen LogP contribution in [0.15, 0.2) is 66.1 Å². The standard InChI is InChI=1S/C23H25N3O2S/c1-16(22(27)25-21-12-5-8-17-7-3-4-11-20(17)21)29-23-24-13-14-26(23)18-9-6-10-19(15-18)28-2/h3-4,6-7,9-11,13-16,21H,5,8,12H2,1-2H3,(H,25,27). The van der Waals surface area contributed by atoms with Gasteiger partial charge < -0.3 is 10.1 Å². The van der Waals surface area contributed by atoms with Crippen molar-refractivity contribution in [2.75, 3.05) is 7.11 Å². The zero-order valence-corrected chi connectivity index (χ0v) is 17.5. The number of ether oxygens (including phenoxy) is 1. The molecule has 2 aromatic carbocycles. The van der Waals surface area contributed by atoms with Gasteiger partial charge >= 0.3 is 0 Å². The molecule has 2 unspecified atom stereocenters. The van der Waals surface area contributed by atoms with Crippen LogP contribution in [0.4, 0.5) is 0 Å². The molecule has 1 N–H and O–H groups in total. The largest absolute Gasteiger partial charge is 0.497 e. The Kier molecular flexibility index (Phi) is 5.90. The van der Waals surface area contributed by atoms with E-state index in [-0.39, 0.29) is 17.2 Å². The summed E-state index contributed by atoms with van der Waals surface area (Å²) in [7, 11) is 1.65. The van der Waals surface area contributed by atoms with Crippen LogP contribution in [0.5, 0.6) is 5.75 Å². The summed E-state index contributed by atoms with van der Waals surface area (Å²) in [4.78, 5) is 17.4. The zero-order valence-electron chi connectivity index (χ0n) is 16.7. The summed E-state index contributed by atoms with van der Waals surface area (Å²) in [5.41, 5.74) is 3.55. The Balaban J connectivity index is 1.46. The molecule has 3 aromatic rings. The average Bonchev–Trinajstić information content (AvgIpc) is 3.22. The summed E-state index contributed by atoms with van der Waals surface area (Å²) < 4.78 is 7.30.